The molecule has 0 aliphatic rings. The number of carbonyl (C=O) groups excluding carboxylic acids is 1. The summed E-state index contributed by atoms with van der Waals surface area (Å²) in [6, 6.07) is 6.75. The zero-order chi connectivity index (χ0) is 14.5. The smallest absolute Gasteiger partial charge is 0.344 e. The molecule has 0 heterocycles. The number of rotatable bonds is 6. The number of nitrogen functional groups attached to an aromatic ring is 1. The van der Waals surface area contributed by atoms with Crippen LogP contribution in [0.1, 0.15) is 13.8 Å². The van der Waals surface area contributed by atoms with E-state index in [1.54, 1.807) is 24.3 Å². The number of nitrogens with two attached hydrogens (primary N) is 1. The molecule has 19 heavy (non-hydrogen) atoms. The standard InChI is InChI=1S/C13H17NO5/c1-13(2,12(16)17)8-19-11(15)7-18-10-6-4-3-5-9(10)14/h3-6H,7-8,14H2,1-2H3,(H,16,17). The number of carboxylic acids is 1. The summed E-state index contributed by atoms with van der Waals surface area (Å²) in [5.74, 6) is -1.29. The molecule has 0 saturated carbocycles. The number of aliphatic carboxylic acids is 1. The Labute approximate surface area is 111 Å². The van der Waals surface area contributed by atoms with E-state index < -0.39 is 17.4 Å². The normalized spacial score (nSPS) is 10.8. The molecule has 0 aliphatic heterocycles. The van der Waals surface area contributed by atoms with Crippen LogP contribution >= 0.6 is 0 Å². The fraction of sp³-hybridized carbons (Fsp3) is 0.385. The molecular weight excluding hydrogens is 250 g/mol. The Bertz CT molecular complexity index is 470. The van der Waals surface area contributed by atoms with Gasteiger partial charge in [0.2, 0.25) is 0 Å². The highest BCUT2D eigenvalue weighted by Crippen LogP contribution is 2.20. The summed E-state index contributed by atoms with van der Waals surface area (Å²) in [6.45, 7) is 2.41. The quantitative estimate of drug-likeness (QED) is 0.595. The van der Waals surface area contributed by atoms with Crippen LogP contribution in [0.25, 0.3) is 0 Å². The first-order valence-electron chi connectivity index (χ1n) is 5.69. The van der Waals surface area contributed by atoms with Gasteiger partial charge in [-0.05, 0) is 26.0 Å². The van der Waals surface area contributed by atoms with Crippen molar-refractivity contribution in [2.24, 2.45) is 5.41 Å². The second-order valence-corrected chi connectivity index (χ2v) is 4.68. The first-order valence-corrected chi connectivity index (χ1v) is 5.69. The van der Waals surface area contributed by atoms with Crippen LogP contribution in [-0.2, 0) is 14.3 Å². The van der Waals surface area contributed by atoms with Gasteiger partial charge in [-0.15, -0.1) is 0 Å². The van der Waals surface area contributed by atoms with Crippen LogP contribution in [0.15, 0.2) is 24.3 Å². The zero-order valence-electron chi connectivity index (χ0n) is 10.9. The summed E-state index contributed by atoms with van der Waals surface area (Å²) in [7, 11) is 0. The second kappa shape index (κ2) is 6.08. The highest BCUT2D eigenvalue weighted by atomic mass is 16.6. The molecule has 1 rings (SSSR count). The Balaban J connectivity index is 2.41. The molecule has 0 saturated heterocycles. The molecule has 1 aromatic rings. The molecule has 0 atom stereocenters. The van der Waals surface area contributed by atoms with E-state index in [0.29, 0.717) is 11.4 Å². The lowest BCUT2D eigenvalue weighted by molar-refractivity contribution is -0.157. The van der Waals surface area contributed by atoms with Gasteiger partial charge in [-0.1, -0.05) is 12.1 Å². The Morgan fingerprint density at radius 2 is 1.95 bits per heavy atom. The summed E-state index contributed by atoms with van der Waals surface area (Å²) in [5, 5.41) is 8.86. The van der Waals surface area contributed by atoms with Gasteiger partial charge in [0.15, 0.2) is 6.61 Å². The van der Waals surface area contributed by atoms with E-state index in [1.165, 1.54) is 13.8 Å². The maximum Gasteiger partial charge on any atom is 0.344 e. The Kier molecular flexibility index (Phi) is 4.74. The minimum Gasteiger partial charge on any atom is -0.481 e. The van der Waals surface area contributed by atoms with Crippen LogP contribution in [0.4, 0.5) is 5.69 Å². The number of carbonyl (C=O) groups is 2. The molecule has 0 radical (unpaired) electrons. The second-order valence-electron chi connectivity index (χ2n) is 4.68. The van der Waals surface area contributed by atoms with Gasteiger partial charge < -0.3 is 20.3 Å². The fourth-order valence-corrected chi connectivity index (χ4v) is 1.11. The van der Waals surface area contributed by atoms with Gasteiger partial charge in [0.1, 0.15) is 12.4 Å². The SMILES string of the molecule is CC(C)(COC(=O)COc1ccccc1N)C(=O)O. The summed E-state index contributed by atoms with van der Waals surface area (Å²) in [5.41, 5.74) is 4.93. The summed E-state index contributed by atoms with van der Waals surface area (Å²) in [6.07, 6.45) is 0. The van der Waals surface area contributed by atoms with Crippen molar-refractivity contribution in [2.45, 2.75) is 13.8 Å². The third-order valence-electron chi connectivity index (χ3n) is 2.44. The highest BCUT2D eigenvalue weighted by molar-refractivity contribution is 5.75. The van der Waals surface area contributed by atoms with Gasteiger partial charge in [0.05, 0.1) is 11.1 Å². The van der Waals surface area contributed by atoms with E-state index in [4.69, 9.17) is 20.3 Å². The highest BCUT2D eigenvalue weighted by Gasteiger charge is 2.29. The van der Waals surface area contributed by atoms with Crippen LogP contribution in [-0.4, -0.2) is 30.3 Å². The van der Waals surface area contributed by atoms with E-state index in [1.807, 2.05) is 0 Å². The first kappa shape index (κ1) is 14.8. The van der Waals surface area contributed by atoms with E-state index in [2.05, 4.69) is 0 Å². The lowest BCUT2D eigenvalue weighted by Crippen LogP contribution is -2.31. The molecular formula is C13H17NO5. The van der Waals surface area contributed by atoms with Crippen LogP contribution in [0.2, 0.25) is 0 Å². The third-order valence-corrected chi connectivity index (χ3v) is 2.44. The van der Waals surface area contributed by atoms with Crippen LogP contribution in [0.5, 0.6) is 5.75 Å². The van der Waals surface area contributed by atoms with Crippen LogP contribution in [0, 0.1) is 5.41 Å². The monoisotopic (exact) mass is 267 g/mol. The van der Waals surface area contributed by atoms with Gasteiger partial charge >= 0.3 is 11.9 Å². The Hall–Kier alpha value is -2.24. The number of hydrogen-bond donors (Lipinski definition) is 2. The average Bonchev–Trinajstić information content (AvgIpc) is 2.35. The van der Waals surface area contributed by atoms with Gasteiger partial charge in [-0.3, -0.25) is 4.79 Å². The van der Waals surface area contributed by atoms with E-state index in [-0.39, 0.29) is 13.2 Å². The first-order chi connectivity index (χ1) is 8.83. The zero-order valence-corrected chi connectivity index (χ0v) is 10.9. The lowest BCUT2D eigenvalue weighted by Gasteiger charge is -2.18. The van der Waals surface area contributed by atoms with Crippen LogP contribution < -0.4 is 10.5 Å². The number of para-hydroxylation sites is 2. The van der Waals surface area contributed by atoms with Crippen molar-refractivity contribution in [3.05, 3.63) is 24.3 Å². The van der Waals surface area contributed by atoms with Crippen molar-refractivity contribution in [3.63, 3.8) is 0 Å². The molecule has 1 aromatic carbocycles. The molecule has 6 heteroatoms. The van der Waals surface area contributed by atoms with Gasteiger partial charge in [0, 0.05) is 0 Å². The van der Waals surface area contributed by atoms with Crippen molar-refractivity contribution >= 4 is 17.6 Å². The average molecular weight is 267 g/mol. The molecule has 0 amide bonds. The van der Waals surface area contributed by atoms with E-state index in [9.17, 15) is 9.59 Å². The molecule has 6 nitrogen and oxygen atoms in total. The largest absolute Gasteiger partial charge is 0.481 e. The van der Waals surface area contributed by atoms with Crippen molar-refractivity contribution in [2.75, 3.05) is 18.9 Å². The van der Waals surface area contributed by atoms with E-state index in [0.717, 1.165) is 0 Å². The maximum absolute atomic E-state index is 11.4. The number of benzene rings is 1. The number of esters is 1. The van der Waals surface area contributed by atoms with Crippen molar-refractivity contribution in [1.29, 1.82) is 0 Å². The Morgan fingerprint density at radius 1 is 1.32 bits per heavy atom. The fourth-order valence-electron chi connectivity index (χ4n) is 1.11. The predicted octanol–water partition coefficient (Wildman–Crippen LogP) is 1.30. The third kappa shape index (κ3) is 4.50. The lowest BCUT2D eigenvalue weighted by atomic mass is 9.95. The minimum absolute atomic E-state index is 0.213. The van der Waals surface area contributed by atoms with Gasteiger partial charge in [-0.25, -0.2) is 4.79 Å². The molecule has 0 aromatic heterocycles. The number of ether oxygens (including phenoxy) is 2. The molecule has 0 fully saturated rings. The van der Waals surface area contributed by atoms with Gasteiger partial charge in [-0.2, -0.15) is 0 Å². The van der Waals surface area contributed by atoms with Crippen molar-refractivity contribution < 1.29 is 24.2 Å². The molecule has 104 valence electrons. The summed E-state index contributed by atoms with van der Waals surface area (Å²) in [4.78, 5) is 22.2. The topological polar surface area (TPSA) is 98.9 Å². The predicted molar refractivity (Wildman–Crippen MR) is 68.7 cm³/mol. The van der Waals surface area contributed by atoms with E-state index >= 15 is 0 Å². The molecule has 0 spiro atoms. The summed E-state index contributed by atoms with van der Waals surface area (Å²) >= 11 is 0. The van der Waals surface area contributed by atoms with Crippen molar-refractivity contribution in [1.82, 2.24) is 0 Å². The molecule has 0 unspecified atom stereocenters. The molecule has 0 aliphatic carbocycles. The molecule has 3 N–H and O–H groups in total. The number of anilines is 1. The van der Waals surface area contributed by atoms with Crippen molar-refractivity contribution in [3.8, 4) is 5.75 Å². The van der Waals surface area contributed by atoms with Crippen LogP contribution in [0.3, 0.4) is 0 Å². The summed E-state index contributed by atoms with van der Waals surface area (Å²) < 4.78 is 10.0. The number of carboxylic acid groups (broad SMARTS) is 1. The Morgan fingerprint density at radius 3 is 2.53 bits per heavy atom. The minimum atomic E-state index is -1.12. The van der Waals surface area contributed by atoms with Gasteiger partial charge in [0.25, 0.3) is 0 Å². The maximum atomic E-state index is 11.4. The number of hydrogen-bond acceptors (Lipinski definition) is 5. The molecule has 0 bridgehead atoms.